The minimum atomic E-state index is -2.91. The first-order valence-electron chi connectivity index (χ1n) is 12.7. The number of aromatic nitrogens is 4. The summed E-state index contributed by atoms with van der Waals surface area (Å²) in [6.07, 6.45) is 9.00. The van der Waals surface area contributed by atoms with Crippen LogP contribution in [0.15, 0.2) is 24.7 Å². The highest BCUT2D eigenvalue weighted by Crippen LogP contribution is 2.54. The van der Waals surface area contributed by atoms with Crippen LogP contribution >= 0.6 is 0 Å². The van der Waals surface area contributed by atoms with E-state index < -0.39 is 9.84 Å². The molecule has 186 valence electrons. The Labute approximate surface area is 205 Å². The van der Waals surface area contributed by atoms with Crippen molar-refractivity contribution in [3.8, 4) is 0 Å². The maximum atomic E-state index is 12.9. The fourth-order valence-electron chi connectivity index (χ4n) is 6.17. The number of urea groups is 1. The van der Waals surface area contributed by atoms with Crippen molar-refractivity contribution in [3.63, 3.8) is 0 Å². The van der Waals surface area contributed by atoms with Gasteiger partial charge in [-0.1, -0.05) is 6.07 Å². The first-order chi connectivity index (χ1) is 16.8. The van der Waals surface area contributed by atoms with Gasteiger partial charge in [-0.3, -0.25) is 0 Å². The van der Waals surface area contributed by atoms with Gasteiger partial charge in [0.1, 0.15) is 12.1 Å². The molecule has 5 fully saturated rings. The molecule has 7 rings (SSSR count). The van der Waals surface area contributed by atoms with Crippen LogP contribution < -0.4 is 5.32 Å². The second kappa shape index (κ2) is 7.65. The molecule has 5 heterocycles. The van der Waals surface area contributed by atoms with E-state index in [-0.39, 0.29) is 29.0 Å². The summed E-state index contributed by atoms with van der Waals surface area (Å²) >= 11 is 0. The van der Waals surface area contributed by atoms with Gasteiger partial charge in [-0.2, -0.15) is 5.10 Å². The van der Waals surface area contributed by atoms with Gasteiger partial charge < -0.3 is 15.1 Å². The summed E-state index contributed by atoms with van der Waals surface area (Å²) in [5, 5.41) is 7.91. The molecule has 3 saturated heterocycles. The average molecular weight is 498 g/mol. The first-order valence-corrected chi connectivity index (χ1v) is 14.5. The van der Waals surface area contributed by atoms with Crippen LogP contribution in [0.5, 0.6) is 0 Å². The number of anilines is 1. The molecule has 0 aromatic carbocycles. The van der Waals surface area contributed by atoms with Gasteiger partial charge in [-0.15, -0.1) is 0 Å². The zero-order chi connectivity index (χ0) is 23.8. The predicted molar refractivity (Wildman–Crippen MR) is 129 cm³/mol. The Morgan fingerprint density at radius 2 is 1.83 bits per heavy atom. The average Bonchev–Trinajstić information content (AvgIpc) is 3.37. The van der Waals surface area contributed by atoms with E-state index in [4.69, 9.17) is 0 Å². The van der Waals surface area contributed by atoms with Crippen molar-refractivity contribution in [2.45, 2.75) is 56.0 Å². The van der Waals surface area contributed by atoms with Gasteiger partial charge in [0.25, 0.3) is 0 Å². The summed E-state index contributed by atoms with van der Waals surface area (Å²) < 4.78 is 25.3. The molecule has 11 heteroatoms. The number of rotatable bonds is 5. The fourth-order valence-corrected chi connectivity index (χ4v) is 7.85. The molecule has 2 aliphatic carbocycles. The molecule has 2 aromatic rings. The van der Waals surface area contributed by atoms with Gasteiger partial charge in [0, 0.05) is 55.7 Å². The van der Waals surface area contributed by atoms with E-state index in [2.05, 4.69) is 20.4 Å². The molecular formula is C24H31N7O3S. The van der Waals surface area contributed by atoms with Gasteiger partial charge in [-0.25, -0.2) is 27.9 Å². The molecule has 0 radical (unpaired) electrons. The van der Waals surface area contributed by atoms with Gasteiger partial charge in [0.15, 0.2) is 15.7 Å². The van der Waals surface area contributed by atoms with Crippen LogP contribution in [0.4, 0.5) is 10.6 Å². The van der Waals surface area contributed by atoms with Crippen molar-refractivity contribution in [1.29, 1.82) is 0 Å². The number of nitrogens with zero attached hydrogens (tertiary/aromatic N) is 6. The quantitative estimate of drug-likeness (QED) is 0.672. The van der Waals surface area contributed by atoms with Crippen LogP contribution in [-0.2, 0) is 9.84 Å². The minimum Gasteiger partial charge on any atom is -0.366 e. The first kappa shape index (κ1) is 21.6. The second-order valence-electron chi connectivity index (χ2n) is 11.4. The molecule has 5 aliphatic rings. The predicted octanol–water partition coefficient (Wildman–Crippen LogP) is 2.01. The lowest BCUT2D eigenvalue weighted by atomic mass is 9.61. The largest absolute Gasteiger partial charge is 0.366 e. The molecule has 1 spiro atoms. The fraction of sp³-hybridized carbons (Fsp3) is 0.667. The molecule has 10 nitrogen and oxygen atoms in total. The molecule has 3 aliphatic heterocycles. The molecule has 35 heavy (non-hydrogen) atoms. The topological polar surface area (TPSA) is 113 Å². The van der Waals surface area contributed by atoms with E-state index >= 15 is 0 Å². The zero-order valence-electron chi connectivity index (χ0n) is 19.7. The molecule has 0 bridgehead atoms. The van der Waals surface area contributed by atoms with Crippen LogP contribution in [0.25, 0.3) is 0 Å². The Morgan fingerprint density at radius 3 is 2.49 bits per heavy atom. The van der Waals surface area contributed by atoms with Crippen LogP contribution in [0, 0.1) is 5.41 Å². The third-order valence-corrected chi connectivity index (χ3v) is 10.3. The molecular weight excluding hydrogens is 466 g/mol. The Balaban J connectivity index is 0.860. The van der Waals surface area contributed by atoms with E-state index in [9.17, 15) is 13.2 Å². The van der Waals surface area contributed by atoms with Crippen molar-refractivity contribution in [3.05, 3.63) is 36.0 Å². The third-order valence-electron chi connectivity index (χ3n) is 8.50. The highest BCUT2D eigenvalue weighted by molar-refractivity contribution is 7.91. The molecule has 1 N–H and O–H groups in total. The lowest BCUT2D eigenvalue weighted by molar-refractivity contribution is -0.0771. The Hall–Kier alpha value is -2.69. The van der Waals surface area contributed by atoms with Crippen molar-refractivity contribution in [1.82, 2.24) is 29.5 Å². The SMILES string of the molecule is O=C(N1CC(c2ccc(NC3CCS(=O)(=O)C3)nc2)C1)N1CC2(CC(n3cnc(C4CC4)n3)C2)C1. The van der Waals surface area contributed by atoms with Crippen LogP contribution in [0.1, 0.15) is 61.4 Å². The lowest BCUT2D eigenvalue weighted by Crippen LogP contribution is -2.67. The summed E-state index contributed by atoms with van der Waals surface area (Å²) in [6.45, 7) is 3.16. The molecule has 1 unspecified atom stereocenters. The lowest BCUT2D eigenvalue weighted by Gasteiger charge is -2.60. The summed E-state index contributed by atoms with van der Waals surface area (Å²) in [4.78, 5) is 25.8. The summed E-state index contributed by atoms with van der Waals surface area (Å²) in [6, 6.07) is 4.48. The number of nitrogens with one attached hydrogen (secondary N) is 1. The second-order valence-corrected chi connectivity index (χ2v) is 13.6. The van der Waals surface area contributed by atoms with E-state index in [1.165, 1.54) is 12.8 Å². The van der Waals surface area contributed by atoms with E-state index in [0.29, 0.717) is 30.1 Å². The molecule has 2 aromatic heterocycles. The number of likely N-dealkylation sites (tertiary alicyclic amines) is 2. The van der Waals surface area contributed by atoms with Crippen LogP contribution in [0.3, 0.4) is 0 Å². The standard InChI is InChI=1S/C24H31N7O3S/c32-23(30-13-24(14-30)7-20(8-24)31-15-26-22(28-31)16-1-2-16)29-10-18(11-29)17-3-4-21(25-9-17)27-19-5-6-35(33,34)12-19/h3-4,9,15-16,18-20H,1-2,5-8,10-14H2,(H,25,27). The molecule has 2 amide bonds. The van der Waals surface area contributed by atoms with Gasteiger partial charge >= 0.3 is 6.03 Å². The number of carbonyl (C=O) groups is 1. The van der Waals surface area contributed by atoms with Crippen LogP contribution in [-0.4, -0.2) is 87.7 Å². The Kier molecular flexibility index (Phi) is 4.72. The number of sulfone groups is 1. The van der Waals surface area contributed by atoms with E-state index in [1.54, 1.807) is 0 Å². The molecule has 1 atom stereocenters. The number of hydrogen-bond acceptors (Lipinski definition) is 7. The Bertz CT molecular complexity index is 1240. The smallest absolute Gasteiger partial charge is 0.320 e. The number of amides is 2. The van der Waals surface area contributed by atoms with Gasteiger partial charge in [-0.05, 0) is 43.7 Å². The van der Waals surface area contributed by atoms with E-state index in [0.717, 1.165) is 50.4 Å². The summed E-state index contributed by atoms with van der Waals surface area (Å²) in [7, 11) is -2.91. The van der Waals surface area contributed by atoms with Crippen molar-refractivity contribution in [2.75, 3.05) is 43.0 Å². The maximum Gasteiger partial charge on any atom is 0.320 e. The third kappa shape index (κ3) is 3.97. The normalized spacial score (nSPS) is 27.4. The highest BCUT2D eigenvalue weighted by atomic mass is 32.2. The van der Waals surface area contributed by atoms with Crippen molar-refractivity contribution in [2.24, 2.45) is 5.41 Å². The monoisotopic (exact) mass is 497 g/mol. The number of pyridine rings is 1. The summed E-state index contributed by atoms with van der Waals surface area (Å²) in [5.74, 6) is 3.04. The van der Waals surface area contributed by atoms with E-state index in [1.807, 2.05) is 39.1 Å². The number of hydrogen-bond donors (Lipinski definition) is 1. The van der Waals surface area contributed by atoms with Crippen LogP contribution in [0.2, 0.25) is 0 Å². The Morgan fingerprint density at radius 1 is 1.03 bits per heavy atom. The maximum absolute atomic E-state index is 12.9. The number of carbonyl (C=O) groups excluding carboxylic acids is 1. The van der Waals surface area contributed by atoms with Crippen molar-refractivity contribution >= 4 is 21.7 Å². The summed E-state index contributed by atoms with van der Waals surface area (Å²) in [5.41, 5.74) is 1.40. The minimum absolute atomic E-state index is 0.0580. The zero-order valence-corrected chi connectivity index (χ0v) is 20.5. The van der Waals surface area contributed by atoms with Gasteiger partial charge in [0.05, 0.1) is 17.5 Å². The van der Waals surface area contributed by atoms with Gasteiger partial charge in [0.2, 0.25) is 0 Å². The molecule has 2 saturated carbocycles. The highest BCUT2D eigenvalue weighted by Gasteiger charge is 2.55. The van der Waals surface area contributed by atoms with Crippen molar-refractivity contribution < 1.29 is 13.2 Å².